The fourth-order valence-electron chi connectivity index (χ4n) is 2.30. The van der Waals surface area contributed by atoms with Crippen LogP contribution in [0, 0.1) is 0 Å². The lowest BCUT2D eigenvalue weighted by atomic mass is 10.1. The summed E-state index contributed by atoms with van der Waals surface area (Å²) >= 11 is 6.19. The van der Waals surface area contributed by atoms with E-state index in [1.807, 2.05) is 24.3 Å². The average Bonchev–Trinajstić information content (AvgIpc) is 2.97. The molecule has 1 spiro atoms. The molecule has 5 heteroatoms. The van der Waals surface area contributed by atoms with Gasteiger partial charge in [-0.15, -0.1) is 0 Å². The molecule has 2 atom stereocenters. The number of methoxy groups -OCH3 is 1. The SMILES string of the molecule is COc1ccc([C@H]2CC23NC(=S)SC3=O)cc1. The van der Waals surface area contributed by atoms with Crippen molar-refractivity contribution in [1.82, 2.24) is 5.32 Å². The highest BCUT2D eigenvalue weighted by atomic mass is 32.2. The number of hydrogen-bond donors (Lipinski definition) is 1. The third-order valence-corrected chi connectivity index (χ3v) is 4.54. The second kappa shape index (κ2) is 3.71. The Bertz CT molecular complexity index is 500. The Labute approximate surface area is 109 Å². The minimum Gasteiger partial charge on any atom is -0.497 e. The number of thiocarbonyl (C=S) groups is 1. The Kier molecular flexibility index (Phi) is 2.41. The van der Waals surface area contributed by atoms with E-state index < -0.39 is 5.54 Å². The predicted octanol–water partition coefficient (Wildman–Crippen LogP) is 2.07. The van der Waals surface area contributed by atoms with Crippen LogP contribution in [-0.4, -0.2) is 22.1 Å². The Balaban J connectivity index is 1.84. The van der Waals surface area contributed by atoms with Crippen LogP contribution in [-0.2, 0) is 4.79 Å². The number of carbonyl (C=O) groups excluding carboxylic acids is 1. The van der Waals surface area contributed by atoms with Gasteiger partial charge in [-0.2, -0.15) is 0 Å². The number of nitrogens with one attached hydrogen (secondary N) is 1. The van der Waals surface area contributed by atoms with Crippen molar-refractivity contribution in [2.24, 2.45) is 0 Å². The largest absolute Gasteiger partial charge is 0.497 e. The molecule has 1 saturated carbocycles. The van der Waals surface area contributed by atoms with Crippen LogP contribution in [0.5, 0.6) is 5.75 Å². The molecule has 0 aromatic heterocycles. The van der Waals surface area contributed by atoms with Gasteiger partial charge in [0.25, 0.3) is 0 Å². The molecule has 2 fully saturated rings. The van der Waals surface area contributed by atoms with E-state index in [4.69, 9.17) is 17.0 Å². The van der Waals surface area contributed by atoms with Gasteiger partial charge < -0.3 is 10.1 Å². The summed E-state index contributed by atoms with van der Waals surface area (Å²) in [5.41, 5.74) is 0.744. The molecule has 0 amide bonds. The Morgan fingerprint density at radius 1 is 1.47 bits per heavy atom. The fourth-order valence-corrected chi connectivity index (χ4v) is 3.57. The molecule has 1 heterocycles. The summed E-state index contributed by atoms with van der Waals surface area (Å²) in [7, 11) is 1.64. The Hall–Kier alpha value is -1.07. The second-order valence-electron chi connectivity index (χ2n) is 4.30. The first-order chi connectivity index (χ1) is 8.15. The van der Waals surface area contributed by atoms with Crippen LogP contribution < -0.4 is 10.1 Å². The number of ether oxygens (including phenoxy) is 1. The van der Waals surface area contributed by atoms with E-state index in [0.717, 1.165) is 29.5 Å². The minimum absolute atomic E-state index is 0.156. The second-order valence-corrected chi connectivity index (χ2v) is 5.95. The number of benzene rings is 1. The molecule has 17 heavy (non-hydrogen) atoms. The van der Waals surface area contributed by atoms with E-state index >= 15 is 0 Å². The van der Waals surface area contributed by atoms with Crippen LogP contribution in [0.25, 0.3) is 0 Å². The number of hydrogen-bond acceptors (Lipinski definition) is 4. The summed E-state index contributed by atoms with van der Waals surface area (Å²) in [6.45, 7) is 0. The monoisotopic (exact) mass is 265 g/mol. The van der Waals surface area contributed by atoms with Gasteiger partial charge in [-0.1, -0.05) is 24.4 Å². The van der Waals surface area contributed by atoms with Crippen molar-refractivity contribution in [3.05, 3.63) is 29.8 Å². The fraction of sp³-hybridized carbons (Fsp3) is 0.333. The van der Waals surface area contributed by atoms with Crippen molar-refractivity contribution >= 4 is 33.4 Å². The summed E-state index contributed by atoms with van der Waals surface area (Å²) in [5, 5.41) is 3.30. The van der Waals surface area contributed by atoms with E-state index in [9.17, 15) is 4.79 Å². The van der Waals surface area contributed by atoms with Gasteiger partial charge in [-0.3, -0.25) is 4.79 Å². The molecule has 1 unspecified atom stereocenters. The maximum Gasteiger partial charge on any atom is 0.221 e. The molecule has 1 aliphatic carbocycles. The summed E-state index contributed by atoms with van der Waals surface area (Å²) in [5.74, 6) is 1.08. The third-order valence-electron chi connectivity index (χ3n) is 3.35. The zero-order chi connectivity index (χ0) is 12.0. The van der Waals surface area contributed by atoms with Crippen LogP contribution in [0.4, 0.5) is 0 Å². The van der Waals surface area contributed by atoms with Crippen LogP contribution in [0.2, 0.25) is 0 Å². The van der Waals surface area contributed by atoms with Crippen LogP contribution in [0.1, 0.15) is 17.9 Å². The lowest BCUT2D eigenvalue weighted by Crippen LogP contribution is -2.32. The standard InChI is InChI=1S/C12H11NO2S2/c1-15-8-4-2-7(3-5-8)9-6-12(9)10(14)17-11(16)13-12/h2-5,9H,6H2,1H3,(H,13,16)/t9-,12?/m1/s1. The van der Waals surface area contributed by atoms with Crippen molar-refractivity contribution in [2.45, 2.75) is 17.9 Å². The lowest BCUT2D eigenvalue weighted by molar-refractivity contribution is -0.112. The van der Waals surface area contributed by atoms with E-state index in [0.29, 0.717) is 4.32 Å². The highest BCUT2D eigenvalue weighted by molar-refractivity contribution is 8.33. The normalized spacial score (nSPS) is 30.5. The first kappa shape index (κ1) is 11.0. The molecule has 2 aliphatic rings. The zero-order valence-corrected chi connectivity index (χ0v) is 10.9. The quantitative estimate of drug-likeness (QED) is 0.829. The van der Waals surface area contributed by atoms with E-state index in [1.54, 1.807) is 7.11 Å². The molecule has 88 valence electrons. The molecule has 3 nitrogen and oxygen atoms in total. The van der Waals surface area contributed by atoms with E-state index in [1.165, 1.54) is 0 Å². The van der Waals surface area contributed by atoms with Crippen molar-refractivity contribution in [2.75, 3.05) is 7.11 Å². The minimum atomic E-state index is -0.420. The first-order valence-corrected chi connectivity index (χ1v) is 6.56. The van der Waals surface area contributed by atoms with Crippen molar-refractivity contribution in [3.8, 4) is 5.75 Å². The first-order valence-electron chi connectivity index (χ1n) is 5.34. The molecule has 3 rings (SSSR count). The number of carbonyl (C=O) groups is 1. The maximum atomic E-state index is 11.9. The van der Waals surface area contributed by atoms with Crippen molar-refractivity contribution in [1.29, 1.82) is 0 Å². The van der Waals surface area contributed by atoms with Gasteiger partial charge >= 0.3 is 0 Å². The molecular weight excluding hydrogens is 254 g/mol. The van der Waals surface area contributed by atoms with Gasteiger partial charge in [0.1, 0.15) is 15.6 Å². The average molecular weight is 265 g/mol. The van der Waals surface area contributed by atoms with Gasteiger partial charge in [0.05, 0.1) is 7.11 Å². The van der Waals surface area contributed by atoms with Gasteiger partial charge in [-0.05, 0) is 35.9 Å². The van der Waals surface area contributed by atoms with Gasteiger partial charge in [0.15, 0.2) is 0 Å². The summed E-state index contributed by atoms with van der Waals surface area (Å²) in [6, 6.07) is 7.87. The molecule has 1 aromatic carbocycles. The molecule has 1 saturated heterocycles. The smallest absolute Gasteiger partial charge is 0.221 e. The number of rotatable bonds is 2. The van der Waals surface area contributed by atoms with Gasteiger partial charge in [0.2, 0.25) is 5.12 Å². The van der Waals surface area contributed by atoms with Crippen molar-refractivity contribution < 1.29 is 9.53 Å². The van der Waals surface area contributed by atoms with Crippen LogP contribution in [0.3, 0.4) is 0 Å². The highest BCUT2D eigenvalue weighted by Gasteiger charge is 2.64. The van der Waals surface area contributed by atoms with Gasteiger partial charge in [0, 0.05) is 5.92 Å². The van der Waals surface area contributed by atoms with Crippen molar-refractivity contribution in [3.63, 3.8) is 0 Å². The van der Waals surface area contributed by atoms with Crippen LogP contribution >= 0.6 is 24.0 Å². The van der Waals surface area contributed by atoms with Crippen LogP contribution in [0.15, 0.2) is 24.3 Å². The topological polar surface area (TPSA) is 38.3 Å². The maximum absolute atomic E-state index is 11.9. The lowest BCUT2D eigenvalue weighted by Gasteiger charge is -2.08. The highest BCUT2D eigenvalue weighted by Crippen LogP contribution is 2.56. The summed E-state index contributed by atoms with van der Waals surface area (Å²) in [6.07, 6.45) is 0.839. The third kappa shape index (κ3) is 1.65. The number of thioether (sulfide) groups is 1. The summed E-state index contributed by atoms with van der Waals surface area (Å²) < 4.78 is 5.72. The Morgan fingerprint density at radius 3 is 2.71 bits per heavy atom. The molecule has 1 N–H and O–H groups in total. The molecule has 1 aromatic rings. The predicted molar refractivity (Wildman–Crippen MR) is 71.4 cm³/mol. The molecule has 1 aliphatic heterocycles. The summed E-state index contributed by atoms with van der Waals surface area (Å²) in [4.78, 5) is 11.9. The zero-order valence-electron chi connectivity index (χ0n) is 9.23. The molecular formula is C12H11NO2S2. The molecule has 0 radical (unpaired) electrons. The Morgan fingerprint density at radius 2 is 2.18 bits per heavy atom. The van der Waals surface area contributed by atoms with E-state index in [2.05, 4.69) is 5.32 Å². The van der Waals surface area contributed by atoms with E-state index in [-0.39, 0.29) is 11.0 Å². The molecule has 0 bridgehead atoms. The van der Waals surface area contributed by atoms with Gasteiger partial charge in [-0.25, -0.2) is 0 Å².